The first-order valence-electron chi connectivity index (χ1n) is 9.53. The average Bonchev–Trinajstić information content (AvgIpc) is 3.34. The van der Waals surface area contributed by atoms with Crippen LogP contribution in [0.3, 0.4) is 0 Å². The minimum Gasteiger partial charge on any atom is -0.461 e. The number of benzene rings is 1. The maximum absolute atomic E-state index is 6.27. The summed E-state index contributed by atoms with van der Waals surface area (Å²) in [6.07, 6.45) is 3.59. The Morgan fingerprint density at radius 2 is 2.17 bits per heavy atom. The molecule has 0 radical (unpaired) electrons. The van der Waals surface area contributed by atoms with Crippen molar-refractivity contribution >= 4 is 58.3 Å². The Morgan fingerprint density at radius 1 is 1.31 bits per heavy atom. The Bertz CT molecular complexity index is 943. The molecule has 1 atom stereocenters. The predicted molar refractivity (Wildman–Crippen MR) is 130 cm³/mol. The number of furan rings is 1. The summed E-state index contributed by atoms with van der Waals surface area (Å²) in [5, 5.41) is 8.70. The molecule has 1 aliphatic heterocycles. The number of hydrogen-bond acceptors (Lipinski definition) is 4. The highest BCUT2D eigenvalue weighted by molar-refractivity contribution is 14.0. The van der Waals surface area contributed by atoms with Gasteiger partial charge < -0.3 is 20.0 Å². The summed E-state index contributed by atoms with van der Waals surface area (Å²) < 4.78 is 5.86. The van der Waals surface area contributed by atoms with Crippen molar-refractivity contribution in [3.05, 3.63) is 59.4 Å². The second-order valence-corrected chi connectivity index (χ2v) is 7.29. The van der Waals surface area contributed by atoms with Crippen molar-refractivity contribution in [3.63, 3.8) is 0 Å². The number of anilines is 1. The second-order valence-electron chi connectivity index (χ2n) is 6.88. The smallest absolute Gasteiger partial charge is 0.191 e. The molecule has 0 saturated carbocycles. The third-order valence-electron chi connectivity index (χ3n) is 4.93. The summed E-state index contributed by atoms with van der Waals surface area (Å²) in [6.45, 7) is 2.52. The van der Waals surface area contributed by atoms with Gasteiger partial charge in [-0.25, -0.2) is 4.98 Å². The fourth-order valence-electron chi connectivity index (χ4n) is 3.53. The molecule has 0 bridgehead atoms. The van der Waals surface area contributed by atoms with Crippen LogP contribution in [0, 0.1) is 0 Å². The summed E-state index contributed by atoms with van der Waals surface area (Å²) in [4.78, 5) is 11.0. The number of nitrogens with zero attached hydrogens (tertiary/aromatic N) is 3. The molecule has 0 amide bonds. The molecule has 154 valence electrons. The lowest BCUT2D eigenvalue weighted by Gasteiger charge is -2.20. The first kappa shape index (κ1) is 21.7. The van der Waals surface area contributed by atoms with E-state index in [1.54, 1.807) is 13.2 Å². The van der Waals surface area contributed by atoms with Crippen molar-refractivity contribution in [1.29, 1.82) is 0 Å². The molecule has 1 saturated heterocycles. The van der Waals surface area contributed by atoms with Gasteiger partial charge >= 0.3 is 0 Å². The highest BCUT2D eigenvalue weighted by Crippen LogP contribution is 2.25. The molecule has 3 aromatic rings. The van der Waals surface area contributed by atoms with Crippen LogP contribution in [0.25, 0.3) is 11.0 Å². The van der Waals surface area contributed by atoms with Gasteiger partial charge in [0.05, 0.1) is 5.02 Å². The van der Waals surface area contributed by atoms with Crippen LogP contribution in [-0.2, 0) is 6.42 Å². The van der Waals surface area contributed by atoms with E-state index < -0.39 is 0 Å². The Labute approximate surface area is 192 Å². The van der Waals surface area contributed by atoms with E-state index in [1.807, 2.05) is 30.3 Å². The van der Waals surface area contributed by atoms with Crippen LogP contribution >= 0.6 is 35.6 Å². The molecule has 0 spiro atoms. The van der Waals surface area contributed by atoms with E-state index in [9.17, 15) is 0 Å². The Hall–Kier alpha value is -2.00. The monoisotopic (exact) mass is 525 g/mol. The lowest BCUT2D eigenvalue weighted by molar-refractivity contribution is 0.543. The Morgan fingerprint density at radius 3 is 2.97 bits per heavy atom. The van der Waals surface area contributed by atoms with Gasteiger partial charge in [-0.1, -0.05) is 29.8 Å². The van der Waals surface area contributed by atoms with Gasteiger partial charge in [0, 0.05) is 50.7 Å². The van der Waals surface area contributed by atoms with Crippen LogP contribution in [0.15, 0.2) is 58.1 Å². The lowest BCUT2D eigenvalue weighted by Crippen LogP contribution is -2.45. The maximum Gasteiger partial charge on any atom is 0.191 e. The van der Waals surface area contributed by atoms with Crippen LogP contribution in [0.4, 0.5) is 5.82 Å². The number of para-hydroxylation sites is 1. The summed E-state index contributed by atoms with van der Waals surface area (Å²) in [5.74, 6) is 2.62. The van der Waals surface area contributed by atoms with Crippen LogP contribution in [0.2, 0.25) is 5.02 Å². The second kappa shape index (κ2) is 10.2. The Kier molecular flexibility index (Phi) is 7.60. The summed E-state index contributed by atoms with van der Waals surface area (Å²) in [6, 6.07) is 14.2. The number of fused-ring (bicyclic) bond motifs is 1. The van der Waals surface area contributed by atoms with E-state index in [4.69, 9.17) is 16.0 Å². The molecule has 1 fully saturated rings. The van der Waals surface area contributed by atoms with Crippen molar-refractivity contribution in [2.24, 2.45) is 4.99 Å². The van der Waals surface area contributed by atoms with E-state index in [2.05, 4.69) is 37.6 Å². The fraction of sp³-hybridized carbons (Fsp3) is 0.333. The van der Waals surface area contributed by atoms with Gasteiger partial charge in [0.1, 0.15) is 17.2 Å². The number of pyridine rings is 1. The molecule has 29 heavy (non-hydrogen) atoms. The number of hydrogen-bond donors (Lipinski definition) is 2. The van der Waals surface area contributed by atoms with E-state index in [0.29, 0.717) is 11.1 Å². The van der Waals surface area contributed by atoms with Crippen molar-refractivity contribution < 1.29 is 4.42 Å². The minimum atomic E-state index is 0. The van der Waals surface area contributed by atoms with E-state index in [-0.39, 0.29) is 24.0 Å². The van der Waals surface area contributed by atoms with E-state index in [1.165, 1.54) is 0 Å². The molecule has 8 heteroatoms. The van der Waals surface area contributed by atoms with Crippen molar-refractivity contribution in [3.8, 4) is 0 Å². The highest BCUT2D eigenvalue weighted by Gasteiger charge is 2.25. The first-order valence-corrected chi connectivity index (χ1v) is 9.91. The molecule has 3 heterocycles. The average molecular weight is 526 g/mol. The summed E-state index contributed by atoms with van der Waals surface area (Å²) in [5.41, 5.74) is 0.930. The lowest BCUT2D eigenvalue weighted by atomic mass is 10.2. The molecule has 1 unspecified atom stereocenters. The topological polar surface area (TPSA) is 65.7 Å². The Balaban J connectivity index is 0.00000240. The number of aromatic nitrogens is 1. The van der Waals surface area contributed by atoms with E-state index in [0.717, 1.165) is 61.0 Å². The van der Waals surface area contributed by atoms with Gasteiger partial charge in [-0.05, 0) is 30.7 Å². The maximum atomic E-state index is 6.27. The zero-order valence-corrected chi connectivity index (χ0v) is 19.4. The van der Waals surface area contributed by atoms with Crippen molar-refractivity contribution in [1.82, 2.24) is 15.6 Å². The molecule has 0 aliphatic carbocycles. The van der Waals surface area contributed by atoms with Gasteiger partial charge in [-0.2, -0.15) is 0 Å². The third-order valence-corrected chi connectivity index (χ3v) is 5.23. The first-order chi connectivity index (χ1) is 13.7. The quantitative estimate of drug-likeness (QED) is 0.299. The molecule has 1 aromatic carbocycles. The van der Waals surface area contributed by atoms with Crippen LogP contribution in [0.1, 0.15) is 12.2 Å². The van der Waals surface area contributed by atoms with Gasteiger partial charge in [0.15, 0.2) is 5.96 Å². The molecule has 4 rings (SSSR count). The molecular formula is C21H25ClIN5O. The number of nitrogens with one attached hydrogen (secondary N) is 2. The van der Waals surface area contributed by atoms with E-state index >= 15 is 0 Å². The summed E-state index contributed by atoms with van der Waals surface area (Å²) in [7, 11) is 1.79. The van der Waals surface area contributed by atoms with Gasteiger partial charge in [0.25, 0.3) is 0 Å². The molecule has 2 aromatic heterocycles. The predicted octanol–water partition coefficient (Wildman–Crippen LogP) is 4.09. The van der Waals surface area contributed by atoms with Crippen molar-refractivity contribution in [2.75, 3.05) is 31.6 Å². The SMILES string of the molecule is CN=C(NCCc1cc2ccccc2o1)NC1CCN(c2ncccc2Cl)C1.I. The normalized spacial score (nSPS) is 16.7. The molecule has 2 N–H and O–H groups in total. The summed E-state index contributed by atoms with van der Waals surface area (Å²) >= 11 is 6.27. The zero-order chi connectivity index (χ0) is 19.3. The van der Waals surface area contributed by atoms with Gasteiger partial charge in [-0.15, -0.1) is 24.0 Å². The van der Waals surface area contributed by atoms with Gasteiger partial charge in [0.2, 0.25) is 0 Å². The fourth-order valence-corrected chi connectivity index (χ4v) is 3.77. The minimum absolute atomic E-state index is 0. The largest absolute Gasteiger partial charge is 0.461 e. The highest BCUT2D eigenvalue weighted by atomic mass is 127. The van der Waals surface area contributed by atoms with Crippen LogP contribution in [0.5, 0.6) is 0 Å². The number of halogens is 2. The van der Waals surface area contributed by atoms with Crippen molar-refractivity contribution in [2.45, 2.75) is 18.9 Å². The molecule has 6 nitrogen and oxygen atoms in total. The molecule has 1 aliphatic rings. The standard InChI is InChI=1S/C21H24ClN5O.HI/c1-23-21(25-11-8-17-13-15-5-2-3-7-19(15)28-17)26-16-9-12-27(14-16)20-18(22)6-4-10-24-20;/h2-7,10,13,16H,8-9,11-12,14H2,1H3,(H2,23,25,26);1H. The molecular weight excluding hydrogens is 501 g/mol. The number of rotatable bonds is 5. The van der Waals surface area contributed by atoms with Gasteiger partial charge in [-0.3, -0.25) is 4.99 Å². The number of guanidine groups is 1. The third kappa shape index (κ3) is 5.33. The number of aliphatic imine (C=N–C) groups is 1. The zero-order valence-electron chi connectivity index (χ0n) is 16.3. The van der Waals surface area contributed by atoms with Crippen LogP contribution < -0.4 is 15.5 Å². The van der Waals surface area contributed by atoms with Crippen LogP contribution in [-0.4, -0.2) is 43.7 Å².